The number of phenols is 1. The average Bonchev–Trinajstić information content (AvgIpc) is 2.66. The molecule has 0 aliphatic carbocycles. The summed E-state index contributed by atoms with van der Waals surface area (Å²) in [5.41, 5.74) is 6.74. The summed E-state index contributed by atoms with van der Waals surface area (Å²) in [5, 5.41) is 19.6. The third-order valence-corrected chi connectivity index (χ3v) is 2.32. The molecule has 0 bridgehead atoms. The molecule has 15 heavy (non-hydrogen) atoms. The van der Waals surface area contributed by atoms with Crippen molar-refractivity contribution in [3.8, 4) is 5.75 Å². The van der Waals surface area contributed by atoms with E-state index < -0.39 is 12.1 Å². The van der Waals surface area contributed by atoms with E-state index in [1.54, 1.807) is 19.1 Å². The molecule has 0 fully saturated rings. The molecule has 1 heterocycles. The Morgan fingerprint density at radius 2 is 2.20 bits per heavy atom. The van der Waals surface area contributed by atoms with Gasteiger partial charge in [-0.2, -0.15) is 0 Å². The van der Waals surface area contributed by atoms with Crippen molar-refractivity contribution in [1.29, 1.82) is 0 Å². The number of aliphatic hydroxyl groups is 1. The Bertz CT molecular complexity index is 478. The highest BCUT2D eigenvalue weighted by molar-refractivity contribution is 5.80. The highest BCUT2D eigenvalue weighted by atomic mass is 16.3. The second kappa shape index (κ2) is 3.52. The maximum absolute atomic E-state index is 9.82. The van der Waals surface area contributed by atoms with E-state index in [4.69, 9.17) is 10.2 Å². The summed E-state index contributed by atoms with van der Waals surface area (Å²) < 4.78 is 5.01. The van der Waals surface area contributed by atoms with Gasteiger partial charge in [-0.05, 0) is 19.1 Å². The van der Waals surface area contributed by atoms with E-state index in [-0.39, 0.29) is 5.75 Å². The number of fused-ring (bicyclic) bond motifs is 1. The van der Waals surface area contributed by atoms with Gasteiger partial charge in [0.25, 0.3) is 0 Å². The number of nitrogens with zero attached hydrogens (tertiary/aromatic N) is 1. The predicted octanol–water partition coefficient (Wildman–Crippen LogP) is 0.914. The number of rotatable bonds is 2. The Labute approximate surface area is 86.2 Å². The molecule has 5 nitrogen and oxygen atoms in total. The molecular weight excluding hydrogens is 196 g/mol. The van der Waals surface area contributed by atoms with Gasteiger partial charge in [0, 0.05) is 11.6 Å². The van der Waals surface area contributed by atoms with Crippen molar-refractivity contribution in [1.82, 2.24) is 4.98 Å². The van der Waals surface area contributed by atoms with Gasteiger partial charge in [0.05, 0.1) is 6.10 Å². The lowest BCUT2D eigenvalue weighted by atomic mass is 10.0. The van der Waals surface area contributed by atoms with Gasteiger partial charge in [-0.1, -0.05) is 0 Å². The number of hydrogen-bond donors (Lipinski definition) is 3. The number of aromatic nitrogens is 1. The molecule has 2 unspecified atom stereocenters. The van der Waals surface area contributed by atoms with E-state index >= 15 is 0 Å². The van der Waals surface area contributed by atoms with Crippen LogP contribution in [-0.2, 0) is 0 Å². The molecule has 2 aromatic rings. The minimum atomic E-state index is -0.911. The van der Waals surface area contributed by atoms with Crippen LogP contribution in [0.4, 0.5) is 0 Å². The van der Waals surface area contributed by atoms with E-state index in [9.17, 15) is 10.2 Å². The van der Waals surface area contributed by atoms with Gasteiger partial charge in [-0.25, -0.2) is 4.98 Å². The highest BCUT2D eigenvalue weighted by Crippen LogP contribution is 2.32. The molecule has 0 aliphatic rings. The number of oxazole rings is 1. The van der Waals surface area contributed by atoms with Gasteiger partial charge in [-0.3, -0.25) is 0 Å². The highest BCUT2D eigenvalue weighted by Gasteiger charge is 2.19. The first-order valence-corrected chi connectivity index (χ1v) is 4.60. The van der Waals surface area contributed by atoms with Crippen molar-refractivity contribution < 1.29 is 14.6 Å². The molecule has 2 atom stereocenters. The zero-order valence-corrected chi connectivity index (χ0v) is 8.21. The first-order valence-electron chi connectivity index (χ1n) is 4.60. The topological polar surface area (TPSA) is 92.5 Å². The van der Waals surface area contributed by atoms with Crippen LogP contribution in [0, 0.1) is 0 Å². The van der Waals surface area contributed by atoms with Crippen LogP contribution in [0.3, 0.4) is 0 Å². The molecule has 0 saturated carbocycles. The molecule has 1 aromatic heterocycles. The van der Waals surface area contributed by atoms with Crippen LogP contribution in [-0.4, -0.2) is 21.2 Å². The smallest absolute Gasteiger partial charge is 0.182 e. The predicted molar refractivity (Wildman–Crippen MR) is 54.3 cm³/mol. The molecule has 1 aromatic carbocycles. The fourth-order valence-electron chi connectivity index (χ4n) is 1.45. The second-order valence-corrected chi connectivity index (χ2v) is 3.51. The van der Waals surface area contributed by atoms with Crippen molar-refractivity contribution in [3.63, 3.8) is 0 Å². The molecule has 0 radical (unpaired) electrons. The van der Waals surface area contributed by atoms with Gasteiger partial charge in [0.2, 0.25) is 0 Å². The third kappa shape index (κ3) is 1.55. The molecule has 5 heteroatoms. The lowest BCUT2D eigenvalue weighted by Gasteiger charge is -2.15. The van der Waals surface area contributed by atoms with Crippen LogP contribution in [0.1, 0.15) is 18.6 Å². The minimum Gasteiger partial charge on any atom is -0.505 e. The van der Waals surface area contributed by atoms with Crippen molar-refractivity contribution in [2.75, 3.05) is 0 Å². The fraction of sp³-hybridized carbons (Fsp3) is 0.300. The van der Waals surface area contributed by atoms with Gasteiger partial charge >= 0.3 is 0 Å². The molecule has 0 saturated heterocycles. The van der Waals surface area contributed by atoms with E-state index in [1.165, 1.54) is 6.39 Å². The Balaban J connectivity index is 2.57. The number of aromatic hydroxyl groups is 1. The summed E-state index contributed by atoms with van der Waals surface area (Å²) in [4.78, 5) is 3.85. The zero-order chi connectivity index (χ0) is 11.0. The van der Waals surface area contributed by atoms with Crippen LogP contribution in [0.2, 0.25) is 0 Å². The number of nitrogens with two attached hydrogens (primary N) is 1. The first-order chi connectivity index (χ1) is 7.11. The van der Waals surface area contributed by atoms with E-state index in [1.807, 2.05) is 0 Å². The standard InChI is InChI=1S/C10H12N2O3/c1-5(11)9(13)6-2-3-7-8(10(6)14)12-4-15-7/h2-5,9,13-14H,11H2,1H3. The molecule has 2 rings (SSSR count). The van der Waals surface area contributed by atoms with Gasteiger partial charge in [-0.15, -0.1) is 0 Å². The van der Waals surface area contributed by atoms with Crippen LogP contribution < -0.4 is 5.73 Å². The Morgan fingerprint density at radius 1 is 1.47 bits per heavy atom. The van der Waals surface area contributed by atoms with Crippen molar-refractivity contribution in [3.05, 3.63) is 24.1 Å². The summed E-state index contributed by atoms with van der Waals surface area (Å²) in [5.74, 6) is -0.0777. The van der Waals surface area contributed by atoms with Crippen molar-refractivity contribution in [2.45, 2.75) is 19.1 Å². The third-order valence-electron chi connectivity index (χ3n) is 2.32. The zero-order valence-electron chi connectivity index (χ0n) is 8.21. The summed E-state index contributed by atoms with van der Waals surface area (Å²) in [6.07, 6.45) is 0.331. The van der Waals surface area contributed by atoms with Crippen LogP contribution in [0.15, 0.2) is 22.9 Å². The van der Waals surface area contributed by atoms with Gasteiger partial charge in [0.1, 0.15) is 0 Å². The quantitative estimate of drug-likeness (QED) is 0.682. The molecular formula is C10H12N2O3. The summed E-state index contributed by atoms with van der Waals surface area (Å²) in [7, 11) is 0. The maximum atomic E-state index is 9.82. The van der Waals surface area contributed by atoms with Crippen molar-refractivity contribution in [2.24, 2.45) is 5.73 Å². The van der Waals surface area contributed by atoms with Crippen LogP contribution >= 0.6 is 0 Å². The molecule has 0 amide bonds. The summed E-state index contributed by atoms with van der Waals surface area (Å²) >= 11 is 0. The largest absolute Gasteiger partial charge is 0.505 e. The molecule has 4 N–H and O–H groups in total. The summed E-state index contributed by atoms with van der Waals surface area (Å²) in [6, 6.07) is 2.76. The first kappa shape index (κ1) is 9.95. The lowest BCUT2D eigenvalue weighted by molar-refractivity contribution is 0.150. The normalized spacial score (nSPS) is 15.4. The van der Waals surface area contributed by atoms with Crippen LogP contribution in [0.25, 0.3) is 11.1 Å². The van der Waals surface area contributed by atoms with E-state index in [2.05, 4.69) is 4.98 Å². The van der Waals surface area contributed by atoms with Crippen molar-refractivity contribution >= 4 is 11.1 Å². The number of phenolic OH excluding ortho intramolecular Hbond substituents is 1. The minimum absolute atomic E-state index is 0.0777. The fourth-order valence-corrected chi connectivity index (χ4v) is 1.45. The lowest BCUT2D eigenvalue weighted by Crippen LogP contribution is -2.24. The average molecular weight is 208 g/mol. The Morgan fingerprint density at radius 3 is 2.87 bits per heavy atom. The SMILES string of the molecule is CC(N)C(O)c1ccc2ocnc2c1O. The Kier molecular flexibility index (Phi) is 2.34. The number of benzene rings is 1. The number of hydrogen-bond acceptors (Lipinski definition) is 5. The number of aliphatic hydroxyl groups excluding tert-OH is 1. The van der Waals surface area contributed by atoms with Gasteiger partial charge < -0.3 is 20.4 Å². The van der Waals surface area contributed by atoms with E-state index in [0.29, 0.717) is 16.7 Å². The molecule has 0 aliphatic heterocycles. The molecule has 80 valence electrons. The molecule has 0 spiro atoms. The second-order valence-electron chi connectivity index (χ2n) is 3.51. The van der Waals surface area contributed by atoms with E-state index in [0.717, 1.165) is 0 Å². The maximum Gasteiger partial charge on any atom is 0.182 e. The van der Waals surface area contributed by atoms with Gasteiger partial charge in [0.15, 0.2) is 23.2 Å². The van der Waals surface area contributed by atoms with Crippen LogP contribution in [0.5, 0.6) is 5.75 Å². The summed E-state index contributed by atoms with van der Waals surface area (Å²) in [6.45, 7) is 1.66. The monoisotopic (exact) mass is 208 g/mol. The Hall–Kier alpha value is -1.59.